The van der Waals surface area contributed by atoms with Gasteiger partial charge in [-0.25, -0.2) is 19.0 Å². The van der Waals surface area contributed by atoms with Crippen molar-refractivity contribution >= 4 is 50.1 Å². The van der Waals surface area contributed by atoms with Crippen LogP contribution >= 0.6 is 11.3 Å². The molecule has 49 heavy (non-hydrogen) atoms. The number of fused-ring (bicyclic) bond motifs is 2. The molecule has 0 saturated carbocycles. The minimum Gasteiger partial charge on any atom is -0.444 e. The molecule has 2 N–H and O–H groups in total. The van der Waals surface area contributed by atoms with E-state index < -0.39 is 6.09 Å². The van der Waals surface area contributed by atoms with Gasteiger partial charge in [-0.3, -0.25) is 5.32 Å². The predicted octanol–water partition coefficient (Wildman–Crippen LogP) is 7.71. The SMILES string of the molecule is CCOC(C)n1cc(-c2ccc3nc(N[C@@H]4CCCN(c5nc6cc(NC(=O)OCc7ccccc7)ccc6s5)C4)nn3c2C(C)C)cn1. The molecule has 1 fully saturated rings. The molecule has 1 amide bonds. The van der Waals surface area contributed by atoms with Crippen LogP contribution in [-0.2, 0) is 16.1 Å². The first-order chi connectivity index (χ1) is 23.8. The normalized spacial score (nSPS) is 15.6. The summed E-state index contributed by atoms with van der Waals surface area (Å²) >= 11 is 1.65. The fraction of sp³-hybridized carbons (Fsp3) is 0.361. The lowest BCUT2D eigenvalue weighted by Gasteiger charge is -2.32. The zero-order valence-corrected chi connectivity index (χ0v) is 29.0. The minimum absolute atomic E-state index is 0.138. The fourth-order valence-electron chi connectivity index (χ4n) is 6.28. The number of thiazole rings is 1. The number of carbonyl (C=O) groups excluding carboxylic acids is 1. The lowest BCUT2D eigenvalue weighted by atomic mass is 10.00. The van der Waals surface area contributed by atoms with Crippen LogP contribution in [0.2, 0.25) is 0 Å². The molecule has 1 aliphatic heterocycles. The summed E-state index contributed by atoms with van der Waals surface area (Å²) in [7, 11) is 0. The van der Waals surface area contributed by atoms with E-state index in [4.69, 9.17) is 24.5 Å². The quantitative estimate of drug-likeness (QED) is 0.142. The van der Waals surface area contributed by atoms with Gasteiger partial charge < -0.3 is 19.7 Å². The number of hydrogen-bond acceptors (Lipinski definition) is 10. The van der Waals surface area contributed by atoms with Crippen molar-refractivity contribution in [3.05, 3.63) is 84.3 Å². The molecular weight excluding hydrogens is 639 g/mol. The number of ether oxygens (including phenoxy) is 2. The van der Waals surface area contributed by atoms with E-state index in [2.05, 4.69) is 40.5 Å². The highest BCUT2D eigenvalue weighted by molar-refractivity contribution is 7.22. The third kappa shape index (κ3) is 7.22. The lowest BCUT2D eigenvalue weighted by molar-refractivity contribution is 0.0160. The van der Waals surface area contributed by atoms with Gasteiger partial charge in [0.15, 0.2) is 10.8 Å². The van der Waals surface area contributed by atoms with Crippen molar-refractivity contribution in [2.24, 2.45) is 0 Å². The van der Waals surface area contributed by atoms with Crippen molar-refractivity contribution in [3.63, 3.8) is 0 Å². The van der Waals surface area contributed by atoms with Crippen molar-refractivity contribution in [1.29, 1.82) is 0 Å². The number of anilines is 3. The average molecular weight is 680 g/mol. The zero-order chi connectivity index (χ0) is 33.9. The number of amides is 1. The van der Waals surface area contributed by atoms with Crippen LogP contribution in [0.4, 0.5) is 21.6 Å². The molecule has 0 aliphatic carbocycles. The van der Waals surface area contributed by atoms with Gasteiger partial charge in [-0.05, 0) is 68.5 Å². The van der Waals surface area contributed by atoms with Gasteiger partial charge in [-0.15, -0.1) is 5.10 Å². The van der Waals surface area contributed by atoms with Gasteiger partial charge in [-0.2, -0.15) is 10.1 Å². The maximum Gasteiger partial charge on any atom is 0.411 e. The average Bonchev–Trinajstić information content (AvgIpc) is 3.86. The second-order valence-electron chi connectivity index (χ2n) is 12.6. The third-order valence-electron chi connectivity index (χ3n) is 8.64. The van der Waals surface area contributed by atoms with Crippen LogP contribution < -0.4 is 15.5 Å². The molecule has 0 radical (unpaired) electrons. The molecule has 4 aromatic heterocycles. The number of hydrogen-bond donors (Lipinski definition) is 2. The minimum atomic E-state index is -0.496. The topological polar surface area (TPSA) is 124 Å². The number of benzene rings is 2. The molecule has 5 heterocycles. The molecule has 0 bridgehead atoms. The van der Waals surface area contributed by atoms with E-state index in [0.29, 0.717) is 18.2 Å². The van der Waals surface area contributed by atoms with Crippen LogP contribution in [0.3, 0.4) is 0 Å². The number of nitrogens with one attached hydrogen (secondary N) is 2. The van der Waals surface area contributed by atoms with Crippen LogP contribution in [-0.4, -0.2) is 61.2 Å². The monoisotopic (exact) mass is 679 g/mol. The van der Waals surface area contributed by atoms with Crippen molar-refractivity contribution in [3.8, 4) is 11.1 Å². The van der Waals surface area contributed by atoms with Crippen LogP contribution in [0.25, 0.3) is 27.0 Å². The number of aromatic nitrogens is 6. The Morgan fingerprint density at radius 2 is 1.94 bits per heavy atom. The summed E-state index contributed by atoms with van der Waals surface area (Å²) in [4.78, 5) is 24.5. The Bertz CT molecular complexity index is 2060. The standard InChI is InChI=1S/C36H41N9O3S/c1-5-47-24(4)44-20-26(19-37-44)29-14-16-32-41-34(42-45(32)33(29)23(2)3)38-28-12-9-17-43(21-28)35-40-30-18-27(13-15-31(30)49-35)39-36(46)48-22-25-10-7-6-8-11-25/h6-8,10-11,13-16,18-20,23-24,28H,5,9,12,17,21-22H2,1-4H3,(H,38,42)(H,39,46)/t24?,28-/m1/s1. The van der Waals surface area contributed by atoms with Gasteiger partial charge in [0, 0.05) is 48.7 Å². The van der Waals surface area contributed by atoms with Crippen molar-refractivity contribution in [2.45, 2.75) is 65.3 Å². The number of rotatable bonds is 11. The summed E-state index contributed by atoms with van der Waals surface area (Å²) in [6.07, 6.45) is 5.31. The maximum atomic E-state index is 12.4. The summed E-state index contributed by atoms with van der Waals surface area (Å²) in [5.74, 6) is 0.825. The van der Waals surface area contributed by atoms with Gasteiger partial charge in [0.25, 0.3) is 0 Å². The first-order valence-electron chi connectivity index (χ1n) is 16.8. The summed E-state index contributed by atoms with van der Waals surface area (Å²) in [5.41, 5.74) is 6.41. The first kappa shape index (κ1) is 32.5. The maximum absolute atomic E-state index is 12.4. The van der Waals surface area contributed by atoms with E-state index in [9.17, 15) is 4.79 Å². The van der Waals surface area contributed by atoms with E-state index in [1.165, 1.54) is 0 Å². The van der Waals surface area contributed by atoms with Crippen molar-refractivity contribution in [2.75, 3.05) is 35.2 Å². The summed E-state index contributed by atoms with van der Waals surface area (Å²) < 4.78 is 16.0. The van der Waals surface area contributed by atoms with Gasteiger partial charge in [-0.1, -0.05) is 55.5 Å². The number of piperidine rings is 1. The Morgan fingerprint density at radius 3 is 2.76 bits per heavy atom. The van der Waals surface area contributed by atoms with Gasteiger partial charge >= 0.3 is 6.09 Å². The second kappa shape index (κ2) is 14.2. The molecule has 7 rings (SSSR count). The number of carbonyl (C=O) groups is 1. The molecule has 1 saturated heterocycles. The molecule has 1 aliphatic rings. The first-order valence-corrected chi connectivity index (χ1v) is 17.6. The Labute approximate surface area is 289 Å². The Balaban J connectivity index is 1.03. The number of nitrogens with zero attached hydrogens (tertiary/aromatic N) is 7. The predicted molar refractivity (Wildman–Crippen MR) is 193 cm³/mol. The largest absolute Gasteiger partial charge is 0.444 e. The smallest absolute Gasteiger partial charge is 0.411 e. The molecular formula is C36H41N9O3S. The molecule has 6 aromatic rings. The molecule has 13 heteroatoms. The van der Waals surface area contributed by atoms with E-state index in [-0.39, 0.29) is 24.8 Å². The van der Waals surface area contributed by atoms with E-state index in [0.717, 1.165) is 69.3 Å². The van der Waals surface area contributed by atoms with E-state index >= 15 is 0 Å². The van der Waals surface area contributed by atoms with Gasteiger partial charge in [0.1, 0.15) is 12.8 Å². The van der Waals surface area contributed by atoms with Gasteiger partial charge in [0.05, 0.1) is 22.1 Å². The summed E-state index contributed by atoms with van der Waals surface area (Å²) in [6.45, 7) is 10.9. The highest BCUT2D eigenvalue weighted by Gasteiger charge is 2.25. The summed E-state index contributed by atoms with van der Waals surface area (Å²) in [6, 6.07) is 19.7. The Morgan fingerprint density at radius 1 is 1.08 bits per heavy atom. The second-order valence-corrected chi connectivity index (χ2v) is 13.6. The lowest BCUT2D eigenvalue weighted by Crippen LogP contribution is -2.42. The van der Waals surface area contributed by atoms with E-state index in [1.807, 2.05) is 90.0 Å². The molecule has 2 atom stereocenters. The molecule has 0 spiro atoms. The molecule has 12 nitrogen and oxygen atoms in total. The van der Waals surface area contributed by atoms with Crippen LogP contribution in [0.5, 0.6) is 0 Å². The highest BCUT2D eigenvalue weighted by Crippen LogP contribution is 2.33. The fourth-order valence-corrected chi connectivity index (χ4v) is 7.26. The van der Waals surface area contributed by atoms with Crippen LogP contribution in [0, 0.1) is 0 Å². The van der Waals surface area contributed by atoms with E-state index in [1.54, 1.807) is 11.3 Å². The van der Waals surface area contributed by atoms with Crippen LogP contribution in [0.15, 0.2) is 73.1 Å². The molecule has 254 valence electrons. The number of pyridine rings is 1. The third-order valence-corrected chi connectivity index (χ3v) is 9.73. The summed E-state index contributed by atoms with van der Waals surface area (Å²) in [5, 5.41) is 16.9. The van der Waals surface area contributed by atoms with Gasteiger partial charge in [0.2, 0.25) is 5.95 Å². The highest BCUT2D eigenvalue weighted by atomic mass is 32.1. The van der Waals surface area contributed by atoms with Crippen molar-refractivity contribution in [1.82, 2.24) is 29.4 Å². The molecule has 1 unspecified atom stereocenters. The van der Waals surface area contributed by atoms with Crippen molar-refractivity contribution < 1.29 is 14.3 Å². The Kier molecular flexibility index (Phi) is 9.45. The Hall–Kier alpha value is -5.01. The molecule has 2 aromatic carbocycles. The van der Waals surface area contributed by atoms with Crippen LogP contribution in [0.1, 0.15) is 63.9 Å². The zero-order valence-electron chi connectivity index (χ0n) is 28.2.